The molecule has 0 atom stereocenters. The number of carbonyl (C=O) groups excluding carboxylic acids is 1. The number of amides is 2. The number of carbonyl (C=O) groups is 1. The van der Waals surface area contributed by atoms with Crippen molar-refractivity contribution < 1.29 is 13.9 Å². The molecule has 2 aromatic rings. The molecule has 0 unspecified atom stereocenters. The third kappa shape index (κ3) is 6.44. The fourth-order valence-electron chi connectivity index (χ4n) is 3.93. The Bertz CT molecular complexity index is 894. The Morgan fingerprint density at radius 1 is 1.16 bits per heavy atom. The minimum atomic E-state index is -0.261. The van der Waals surface area contributed by atoms with Crippen molar-refractivity contribution in [2.45, 2.75) is 65.8 Å². The van der Waals surface area contributed by atoms with Crippen LogP contribution in [0.1, 0.15) is 48.9 Å². The lowest BCUT2D eigenvalue weighted by Crippen LogP contribution is -2.49. The molecule has 1 heterocycles. The van der Waals surface area contributed by atoms with Gasteiger partial charge in [-0.3, -0.25) is 0 Å². The van der Waals surface area contributed by atoms with E-state index < -0.39 is 0 Å². The molecule has 168 valence electrons. The van der Waals surface area contributed by atoms with Crippen molar-refractivity contribution in [1.82, 2.24) is 15.5 Å². The molecule has 6 heteroatoms. The second-order valence-corrected chi connectivity index (χ2v) is 8.62. The third-order valence-corrected chi connectivity index (χ3v) is 5.68. The molecule has 0 aromatic heterocycles. The first-order valence-electron chi connectivity index (χ1n) is 11.1. The number of benzene rings is 2. The van der Waals surface area contributed by atoms with Gasteiger partial charge in [0.1, 0.15) is 11.6 Å². The maximum absolute atomic E-state index is 14.5. The number of halogens is 1. The van der Waals surface area contributed by atoms with E-state index in [2.05, 4.69) is 10.6 Å². The summed E-state index contributed by atoms with van der Waals surface area (Å²) in [6.45, 7) is 10.3. The summed E-state index contributed by atoms with van der Waals surface area (Å²) < 4.78 is 20.2. The van der Waals surface area contributed by atoms with Crippen molar-refractivity contribution in [2.24, 2.45) is 0 Å². The lowest BCUT2D eigenvalue weighted by molar-refractivity contribution is 0.153. The zero-order valence-corrected chi connectivity index (χ0v) is 19.0. The smallest absolute Gasteiger partial charge is 0.318 e. The van der Waals surface area contributed by atoms with Crippen LogP contribution < -0.4 is 15.4 Å². The second-order valence-electron chi connectivity index (χ2n) is 8.62. The summed E-state index contributed by atoms with van der Waals surface area (Å²) in [5, 5.41) is 6.38. The topological polar surface area (TPSA) is 53.6 Å². The van der Waals surface area contributed by atoms with Crippen LogP contribution in [0.2, 0.25) is 0 Å². The van der Waals surface area contributed by atoms with Gasteiger partial charge in [0.05, 0.1) is 12.6 Å². The number of rotatable bonds is 7. The number of urea groups is 1. The molecule has 3 rings (SSSR count). The largest absolute Gasteiger partial charge is 0.491 e. The number of hydrogen-bond donors (Lipinski definition) is 2. The molecule has 1 aliphatic heterocycles. The van der Waals surface area contributed by atoms with Crippen LogP contribution in [0.15, 0.2) is 36.4 Å². The molecule has 2 aromatic carbocycles. The Morgan fingerprint density at radius 3 is 2.52 bits per heavy atom. The van der Waals surface area contributed by atoms with E-state index >= 15 is 0 Å². The van der Waals surface area contributed by atoms with Gasteiger partial charge in [-0.15, -0.1) is 0 Å². The van der Waals surface area contributed by atoms with E-state index in [9.17, 15) is 9.18 Å². The predicted octanol–water partition coefficient (Wildman–Crippen LogP) is 4.69. The van der Waals surface area contributed by atoms with Gasteiger partial charge in [0, 0.05) is 18.2 Å². The molecule has 5 nitrogen and oxygen atoms in total. The number of ether oxygens (including phenoxy) is 1. The van der Waals surface area contributed by atoms with Crippen LogP contribution in [-0.4, -0.2) is 36.2 Å². The van der Waals surface area contributed by atoms with Crippen molar-refractivity contribution in [3.63, 3.8) is 0 Å². The number of hydrogen-bond acceptors (Lipinski definition) is 3. The van der Waals surface area contributed by atoms with Crippen LogP contribution in [0.5, 0.6) is 5.75 Å². The highest BCUT2D eigenvalue weighted by molar-refractivity contribution is 5.74. The zero-order chi connectivity index (χ0) is 22.4. The first-order valence-corrected chi connectivity index (χ1v) is 11.1. The minimum absolute atomic E-state index is 0.0878. The van der Waals surface area contributed by atoms with Gasteiger partial charge in [-0.05, 0) is 88.5 Å². The molecule has 0 bridgehead atoms. The van der Waals surface area contributed by atoms with Gasteiger partial charge in [-0.25, -0.2) is 9.18 Å². The number of piperidine rings is 1. The summed E-state index contributed by atoms with van der Waals surface area (Å²) in [5.74, 6) is 0.567. The normalized spacial score (nSPS) is 14.5. The minimum Gasteiger partial charge on any atom is -0.491 e. The number of nitrogens with one attached hydrogen (secondary N) is 2. The van der Waals surface area contributed by atoms with Gasteiger partial charge in [-0.1, -0.05) is 18.2 Å². The molecule has 0 aliphatic carbocycles. The van der Waals surface area contributed by atoms with Crippen molar-refractivity contribution in [2.75, 3.05) is 13.1 Å². The van der Waals surface area contributed by atoms with E-state index in [1.165, 1.54) is 6.07 Å². The average molecular weight is 428 g/mol. The molecule has 2 N–H and O–H groups in total. The Kier molecular flexibility index (Phi) is 7.91. The molecular weight excluding hydrogens is 393 g/mol. The highest BCUT2D eigenvalue weighted by Gasteiger charge is 2.26. The molecule has 1 aliphatic rings. The van der Waals surface area contributed by atoms with Gasteiger partial charge in [0.25, 0.3) is 0 Å². The Hall–Kier alpha value is -2.60. The van der Waals surface area contributed by atoms with Gasteiger partial charge in [0.2, 0.25) is 0 Å². The zero-order valence-electron chi connectivity index (χ0n) is 19.0. The lowest BCUT2D eigenvalue weighted by Gasteiger charge is -2.35. The number of nitrogens with zero attached hydrogens (tertiary/aromatic N) is 1. The summed E-state index contributed by atoms with van der Waals surface area (Å²) in [6.07, 6.45) is 1.84. The number of aryl methyl sites for hydroxylation is 2. The summed E-state index contributed by atoms with van der Waals surface area (Å²) >= 11 is 0. The van der Waals surface area contributed by atoms with Crippen molar-refractivity contribution >= 4 is 6.03 Å². The first kappa shape index (κ1) is 23.1. The van der Waals surface area contributed by atoms with Crippen molar-refractivity contribution in [3.05, 3.63) is 64.5 Å². The lowest BCUT2D eigenvalue weighted by atomic mass is 10.0. The Morgan fingerprint density at radius 2 is 1.87 bits per heavy atom. The quantitative estimate of drug-likeness (QED) is 0.674. The van der Waals surface area contributed by atoms with E-state index in [1.54, 1.807) is 11.0 Å². The molecule has 1 fully saturated rings. The van der Waals surface area contributed by atoms with Gasteiger partial charge in [-0.2, -0.15) is 0 Å². The van der Waals surface area contributed by atoms with Gasteiger partial charge in [0.15, 0.2) is 0 Å². The summed E-state index contributed by atoms with van der Waals surface area (Å²) in [4.78, 5) is 15.0. The van der Waals surface area contributed by atoms with Gasteiger partial charge < -0.3 is 20.3 Å². The van der Waals surface area contributed by atoms with Crippen molar-refractivity contribution in [3.8, 4) is 5.75 Å². The van der Waals surface area contributed by atoms with Crippen molar-refractivity contribution in [1.29, 1.82) is 0 Å². The SMILES string of the molecule is Cc1ccc(CN(C(=O)NCc2ccc(OC(C)C)cc2C)C2CCNCC2)c(F)c1. The summed E-state index contributed by atoms with van der Waals surface area (Å²) in [7, 11) is 0. The van der Waals surface area contributed by atoms with Crippen LogP contribution in [-0.2, 0) is 13.1 Å². The standard InChI is InChI=1S/C25H34FN3O2/c1-17(2)31-23-8-7-20(19(4)14-23)15-28-25(30)29(22-9-11-27-12-10-22)16-21-6-5-18(3)13-24(21)26/h5-8,13-14,17,22,27H,9-12,15-16H2,1-4H3,(H,28,30). The van der Waals surface area contributed by atoms with Gasteiger partial charge >= 0.3 is 6.03 Å². The summed E-state index contributed by atoms with van der Waals surface area (Å²) in [6, 6.07) is 11.0. The van der Waals surface area contributed by atoms with Crippen LogP contribution in [0, 0.1) is 19.7 Å². The molecule has 0 spiro atoms. The predicted molar refractivity (Wildman–Crippen MR) is 122 cm³/mol. The molecule has 0 saturated carbocycles. The maximum atomic E-state index is 14.5. The van der Waals surface area contributed by atoms with Crippen LogP contribution in [0.3, 0.4) is 0 Å². The average Bonchev–Trinajstić information content (AvgIpc) is 2.72. The van der Waals surface area contributed by atoms with E-state index in [4.69, 9.17) is 4.74 Å². The molecular formula is C25H34FN3O2. The third-order valence-electron chi connectivity index (χ3n) is 5.68. The molecule has 1 saturated heterocycles. The Labute approximate surface area is 185 Å². The van der Waals surface area contributed by atoms with Crippen LogP contribution in [0.25, 0.3) is 0 Å². The summed E-state index contributed by atoms with van der Waals surface area (Å²) in [5.41, 5.74) is 3.53. The maximum Gasteiger partial charge on any atom is 0.318 e. The van der Waals surface area contributed by atoms with E-state index in [-0.39, 0.29) is 30.5 Å². The molecule has 2 amide bonds. The first-order chi connectivity index (χ1) is 14.8. The fourth-order valence-corrected chi connectivity index (χ4v) is 3.93. The van der Waals surface area contributed by atoms with Crippen LogP contribution >= 0.6 is 0 Å². The molecule has 31 heavy (non-hydrogen) atoms. The van der Waals surface area contributed by atoms with E-state index in [0.29, 0.717) is 12.1 Å². The molecule has 0 radical (unpaired) electrons. The van der Waals surface area contributed by atoms with Crippen LogP contribution in [0.4, 0.5) is 9.18 Å². The fraction of sp³-hybridized carbons (Fsp3) is 0.480. The Balaban J connectivity index is 1.71. The van der Waals surface area contributed by atoms with E-state index in [0.717, 1.165) is 48.4 Å². The van der Waals surface area contributed by atoms with E-state index in [1.807, 2.05) is 52.0 Å². The monoisotopic (exact) mass is 427 g/mol. The second kappa shape index (κ2) is 10.6. The highest BCUT2D eigenvalue weighted by Crippen LogP contribution is 2.21. The highest BCUT2D eigenvalue weighted by atomic mass is 19.1.